The average molecular weight is 257 g/mol. The molecule has 8 heteroatoms. The molecule has 0 aromatic heterocycles. The number of hydrogen-bond donors (Lipinski definition) is 2. The minimum atomic E-state index is -5.84. The summed E-state index contributed by atoms with van der Waals surface area (Å²) in [5.41, 5.74) is -4.37. The molecule has 0 fully saturated rings. The van der Waals surface area contributed by atoms with Gasteiger partial charge >= 0.3 is 15.6 Å². The highest BCUT2D eigenvalue weighted by Crippen LogP contribution is 2.20. The van der Waals surface area contributed by atoms with Gasteiger partial charge in [-0.1, -0.05) is 18.2 Å². The first kappa shape index (κ1) is 14.7. The highest BCUT2D eigenvalue weighted by Gasteiger charge is 2.44. The number of anilines is 1. The SMILES string of the molecule is CNc1ccccc1.O=S(=O)(O)C(F)(F)F. The Morgan fingerprint density at radius 1 is 1.19 bits per heavy atom. The zero-order valence-corrected chi connectivity index (χ0v) is 9.01. The van der Waals surface area contributed by atoms with Gasteiger partial charge in [-0.3, -0.25) is 4.55 Å². The van der Waals surface area contributed by atoms with Gasteiger partial charge in [0.25, 0.3) is 0 Å². The van der Waals surface area contributed by atoms with Gasteiger partial charge in [-0.05, 0) is 12.1 Å². The number of hydrogen-bond acceptors (Lipinski definition) is 3. The molecule has 0 aliphatic rings. The highest BCUT2D eigenvalue weighted by molar-refractivity contribution is 7.86. The van der Waals surface area contributed by atoms with Crippen LogP contribution in [0.25, 0.3) is 0 Å². The van der Waals surface area contributed by atoms with Crippen LogP contribution in [0, 0.1) is 0 Å². The summed E-state index contributed by atoms with van der Waals surface area (Å²) in [6.45, 7) is 0. The average Bonchev–Trinajstić information content (AvgIpc) is 2.17. The maximum absolute atomic E-state index is 10.7. The molecule has 2 N–H and O–H groups in total. The Kier molecular flexibility index (Phi) is 5.25. The Labute approximate surface area is 90.8 Å². The summed E-state index contributed by atoms with van der Waals surface area (Å²) in [5.74, 6) is 0. The molecule has 0 aliphatic heterocycles. The van der Waals surface area contributed by atoms with E-state index in [9.17, 15) is 13.2 Å². The van der Waals surface area contributed by atoms with Gasteiger partial charge in [0.2, 0.25) is 0 Å². The van der Waals surface area contributed by atoms with Gasteiger partial charge in [-0.2, -0.15) is 21.6 Å². The fraction of sp³-hybridized carbons (Fsp3) is 0.250. The quantitative estimate of drug-likeness (QED) is 0.597. The molecular weight excluding hydrogens is 247 g/mol. The normalized spacial score (nSPS) is 11.3. The van der Waals surface area contributed by atoms with E-state index in [0.29, 0.717) is 0 Å². The standard InChI is InChI=1S/C7H9N.CHF3O3S/c1-8-7-5-3-2-4-6-7;2-1(3,4)8(5,6)7/h2-6,8H,1H3;(H,5,6,7). The van der Waals surface area contributed by atoms with E-state index in [1.165, 1.54) is 0 Å². The van der Waals surface area contributed by atoms with Crippen molar-refractivity contribution in [2.24, 2.45) is 0 Å². The summed E-state index contributed by atoms with van der Waals surface area (Å²) in [5, 5.41) is 3.03. The maximum Gasteiger partial charge on any atom is 0.522 e. The van der Waals surface area contributed by atoms with Crippen LogP contribution in [0.5, 0.6) is 0 Å². The van der Waals surface area contributed by atoms with Crippen molar-refractivity contribution in [1.82, 2.24) is 0 Å². The van der Waals surface area contributed by atoms with Crippen molar-refractivity contribution in [3.05, 3.63) is 30.3 Å². The third kappa shape index (κ3) is 5.56. The van der Waals surface area contributed by atoms with E-state index < -0.39 is 15.6 Å². The molecule has 92 valence electrons. The summed E-state index contributed by atoms with van der Waals surface area (Å²) in [7, 11) is -3.93. The number of rotatable bonds is 1. The molecule has 0 radical (unpaired) electrons. The van der Waals surface area contributed by atoms with Crippen molar-refractivity contribution in [2.45, 2.75) is 5.51 Å². The fourth-order valence-electron chi connectivity index (χ4n) is 0.605. The van der Waals surface area contributed by atoms with Crippen LogP contribution >= 0.6 is 0 Å². The lowest BCUT2D eigenvalue weighted by atomic mass is 10.3. The van der Waals surface area contributed by atoms with Crippen molar-refractivity contribution < 1.29 is 26.1 Å². The van der Waals surface area contributed by atoms with E-state index in [-0.39, 0.29) is 0 Å². The van der Waals surface area contributed by atoms with Gasteiger partial charge in [-0.15, -0.1) is 0 Å². The predicted octanol–water partition coefficient (Wildman–Crippen LogP) is 2.12. The summed E-state index contributed by atoms with van der Waals surface area (Å²) in [6, 6.07) is 10.1. The molecule has 0 bridgehead atoms. The molecule has 0 heterocycles. The first-order valence-corrected chi connectivity index (χ1v) is 5.39. The second kappa shape index (κ2) is 5.71. The summed E-state index contributed by atoms with van der Waals surface area (Å²) in [6.07, 6.45) is 0. The minimum Gasteiger partial charge on any atom is -0.388 e. The Balaban J connectivity index is 0.000000281. The second-order valence-corrected chi connectivity index (χ2v) is 3.95. The summed E-state index contributed by atoms with van der Waals surface area (Å²) < 4.78 is 57.5. The highest BCUT2D eigenvalue weighted by atomic mass is 32.2. The molecule has 1 aromatic rings. The van der Waals surface area contributed by atoms with E-state index in [1.54, 1.807) is 0 Å². The number of nitrogens with one attached hydrogen (secondary N) is 1. The molecule has 0 aliphatic carbocycles. The predicted molar refractivity (Wildman–Crippen MR) is 53.6 cm³/mol. The van der Waals surface area contributed by atoms with E-state index in [0.717, 1.165) is 5.69 Å². The topological polar surface area (TPSA) is 66.4 Å². The van der Waals surface area contributed by atoms with Crippen molar-refractivity contribution in [1.29, 1.82) is 0 Å². The lowest BCUT2D eigenvalue weighted by molar-refractivity contribution is -0.0510. The first-order chi connectivity index (χ1) is 7.18. The van der Waals surface area contributed by atoms with Gasteiger partial charge in [0.1, 0.15) is 0 Å². The maximum atomic E-state index is 10.7. The lowest BCUT2D eigenvalue weighted by Crippen LogP contribution is -2.21. The zero-order valence-electron chi connectivity index (χ0n) is 8.19. The van der Waals surface area contributed by atoms with E-state index in [1.807, 2.05) is 37.4 Å². The third-order valence-electron chi connectivity index (χ3n) is 1.35. The van der Waals surface area contributed by atoms with Gasteiger partial charge in [0.15, 0.2) is 0 Å². The number of benzene rings is 1. The molecule has 1 aromatic carbocycles. The minimum absolute atomic E-state index is 1.16. The van der Waals surface area contributed by atoms with Crippen molar-refractivity contribution in [3.63, 3.8) is 0 Å². The van der Waals surface area contributed by atoms with Crippen LogP contribution in [0.3, 0.4) is 0 Å². The molecule has 1 rings (SSSR count). The van der Waals surface area contributed by atoms with E-state index in [2.05, 4.69) is 5.32 Å². The van der Waals surface area contributed by atoms with Gasteiger partial charge < -0.3 is 5.32 Å². The Hall–Kier alpha value is -1.28. The molecule has 0 amide bonds. The first-order valence-electron chi connectivity index (χ1n) is 3.95. The van der Waals surface area contributed by atoms with Crippen LogP contribution in [-0.2, 0) is 10.1 Å². The van der Waals surface area contributed by atoms with Crippen LogP contribution in [0.1, 0.15) is 0 Å². The molecule has 0 spiro atoms. The van der Waals surface area contributed by atoms with Crippen LogP contribution in [0.15, 0.2) is 30.3 Å². The van der Waals surface area contributed by atoms with E-state index >= 15 is 0 Å². The Morgan fingerprint density at radius 2 is 1.56 bits per heavy atom. The van der Waals surface area contributed by atoms with Gasteiger partial charge in [-0.25, -0.2) is 0 Å². The third-order valence-corrected chi connectivity index (χ3v) is 1.94. The van der Waals surface area contributed by atoms with E-state index in [4.69, 9.17) is 13.0 Å². The van der Waals surface area contributed by atoms with Gasteiger partial charge in [0, 0.05) is 12.7 Å². The Bertz CT molecular complexity index is 402. The van der Waals surface area contributed by atoms with Crippen LogP contribution in [-0.4, -0.2) is 25.5 Å². The molecule has 16 heavy (non-hydrogen) atoms. The number of alkyl halides is 3. The summed E-state index contributed by atoms with van der Waals surface area (Å²) in [4.78, 5) is 0. The molecule has 0 unspecified atom stereocenters. The smallest absolute Gasteiger partial charge is 0.388 e. The Morgan fingerprint density at radius 3 is 1.75 bits per heavy atom. The second-order valence-electron chi connectivity index (χ2n) is 2.54. The van der Waals surface area contributed by atoms with Crippen molar-refractivity contribution in [2.75, 3.05) is 12.4 Å². The van der Waals surface area contributed by atoms with Crippen molar-refractivity contribution >= 4 is 15.8 Å². The van der Waals surface area contributed by atoms with Crippen LogP contribution < -0.4 is 5.32 Å². The van der Waals surface area contributed by atoms with Crippen LogP contribution in [0.4, 0.5) is 18.9 Å². The monoisotopic (exact) mass is 257 g/mol. The lowest BCUT2D eigenvalue weighted by Gasteiger charge is -1.97. The zero-order chi connectivity index (χ0) is 12.8. The number of para-hydroxylation sites is 1. The van der Waals surface area contributed by atoms with Gasteiger partial charge in [0.05, 0.1) is 0 Å². The number of halogens is 3. The summed E-state index contributed by atoms with van der Waals surface area (Å²) >= 11 is 0. The molecule has 4 nitrogen and oxygen atoms in total. The molecule has 0 atom stereocenters. The molecular formula is C8H10F3NO3S. The van der Waals surface area contributed by atoms with Crippen LogP contribution in [0.2, 0.25) is 0 Å². The molecule has 0 saturated heterocycles. The molecule has 0 saturated carbocycles. The fourth-order valence-corrected chi connectivity index (χ4v) is 0.605. The van der Waals surface area contributed by atoms with Crippen molar-refractivity contribution in [3.8, 4) is 0 Å². The largest absolute Gasteiger partial charge is 0.522 e.